The molecule has 0 amide bonds. The van der Waals surface area contributed by atoms with E-state index in [4.69, 9.17) is 4.42 Å². The predicted molar refractivity (Wildman–Crippen MR) is 121 cm³/mol. The van der Waals surface area contributed by atoms with Crippen molar-refractivity contribution < 1.29 is 33.0 Å². The average molecular weight is 522 g/mol. The summed E-state index contributed by atoms with van der Waals surface area (Å²) in [5, 5.41) is 0. The molecule has 0 aliphatic carbocycles. The summed E-state index contributed by atoms with van der Waals surface area (Å²) in [4.78, 5) is 10.3. The van der Waals surface area contributed by atoms with Crippen molar-refractivity contribution in [2.24, 2.45) is 0 Å². The number of rotatable bonds is 5. The summed E-state index contributed by atoms with van der Waals surface area (Å²) in [5.41, 5.74) is 6.00. The van der Waals surface area contributed by atoms with Crippen molar-refractivity contribution in [2.75, 3.05) is 11.9 Å². The Morgan fingerprint density at radius 3 is 2.58 bits per heavy atom. The van der Waals surface area contributed by atoms with Crippen molar-refractivity contribution in [1.82, 2.24) is 9.97 Å². The Bertz CT molecular complexity index is 1320. The molecule has 0 spiro atoms. The predicted octanol–water partition coefficient (Wildman–Crippen LogP) is 2.39. The highest BCUT2D eigenvalue weighted by Gasteiger charge is 2.18. The summed E-state index contributed by atoms with van der Waals surface area (Å²) in [5.74, 6) is 1.69. The van der Waals surface area contributed by atoms with Crippen LogP contribution < -0.4 is 33.4 Å². The van der Waals surface area contributed by atoms with Crippen LogP contribution in [0.1, 0.15) is 12.7 Å². The smallest absolute Gasteiger partial charge is 0.281 e. The highest BCUT2D eigenvalue weighted by Crippen LogP contribution is 2.26. The maximum Gasteiger partial charge on any atom is 0.281 e. The lowest BCUT2D eigenvalue weighted by Crippen LogP contribution is -3.00. The van der Waals surface area contributed by atoms with Gasteiger partial charge in [0, 0.05) is 36.6 Å². The fourth-order valence-electron chi connectivity index (χ4n) is 3.73. The molecule has 0 unspecified atom stereocenters. The second-order valence-corrected chi connectivity index (χ2v) is 7.24. The van der Waals surface area contributed by atoms with Gasteiger partial charge in [0.15, 0.2) is 16.6 Å². The number of para-hydroxylation sites is 3. The topological polar surface area (TPSA) is 48.9 Å². The molecule has 2 aromatic heterocycles. The number of imidazole rings is 1. The van der Waals surface area contributed by atoms with Crippen LogP contribution in [0.25, 0.3) is 39.7 Å². The van der Waals surface area contributed by atoms with E-state index in [0.717, 1.165) is 45.8 Å². The minimum atomic E-state index is 0. The zero-order valence-corrected chi connectivity index (χ0v) is 19.6. The summed E-state index contributed by atoms with van der Waals surface area (Å²) in [6.07, 6.45) is 4.18. The van der Waals surface area contributed by atoms with Crippen LogP contribution >= 0.6 is 0 Å². The molecule has 156 valence electrons. The highest BCUT2D eigenvalue weighted by molar-refractivity contribution is 5.81. The van der Waals surface area contributed by atoms with Crippen LogP contribution in [0.15, 0.2) is 83.4 Å². The van der Waals surface area contributed by atoms with E-state index in [0.29, 0.717) is 5.89 Å². The number of hydrogen-bond donors (Lipinski definition) is 1. The van der Waals surface area contributed by atoms with Crippen LogP contribution in [0.4, 0.5) is 5.69 Å². The van der Waals surface area contributed by atoms with E-state index in [-0.39, 0.29) is 24.0 Å². The van der Waals surface area contributed by atoms with E-state index >= 15 is 0 Å². The number of aryl methyl sites for hydroxylation is 1. The highest BCUT2D eigenvalue weighted by atomic mass is 127. The summed E-state index contributed by atoms with van der Waals surface area (Å²) >= 11 is 0. The Balaban J connectivity index is 0.00000231. The third-order valence-corrected chi connectivity index (χ3v) is 5.32. The van der Waals surface area contributed by atoms with Gasteiger partial charge in [0.25, 0.3) is 5.82 Å². The Kier molecular flexibility index (Phi) is 6.08. The van der Waals surface area contributed by atoms with E-state index < -0.39 is 0 Å². The quantitative estimate of drug-likeness (QED) is 0.285. The van der Waals surface area contributed by atoms with E-state index in [1.165, 1.54) is 0 Å². The van der Waals surface area contributed by atoms with E-state index in [1.807, 2.05) is 48.5 Å². The number of oxazole rings is 1. The fraction of sp³-hybridized carbons (Fsp3) is 0.120. The number of fused-ring (bicyclic) bond motifs is 2. The van der Waals surface area contributed by atoms with Crippen molar-refractivity contribution in [3.05, 3.63) is 84.8 Å². The summed E-state index contributed by atoms with van der Waals surface area (Å²) < 4.78 is 8.22. The van der Waals surface area contributed by atoms with Gasteiger partial charge in [-0.25, -0.2) is 14.5 Å². The van der Waals surface area contributed by atoms with Crippen molar-refractivity contribution in [3.8, 4) is 11.5 Å². The first-order valence-corrected chi connectivity index (χ1v) is 10.1. The van der Waals surface area contributed by atoms with Gasteiger partial charge in [0.1, 0.15) is 5.52 Å². The molecule has 1 N–H and O–H groups in total. The maximum absolute atomic E-state index is 5.96. The maximum atomic E-state index is 5.96. The molecule has 0 atom stereocenters. The van der Waals surface area contributed by atoms with Gasteiger partial charge in [0.05, 0.1) is 6.54 Å². The van der Waals surface area contributed by atoms with Gasteiger partial charge >= 0.3 is 0 Å². The number of nitrogens with zero attached hydrogens (tertiary/aromatic N) is 3. The molecule has 5 rings (SSSR count). The van der Waals surface area contributed by atoms with Gasteiger partial charge in [-0.1, -0.05) is 30.3 Å². The fourth-order valence-corrected chi connectivity index (χ4v) is 3.73. The molecule has 6 heteroatoms. The van der Waals surface area contributed by atoms with Crippen molar-refractivity contribution in [3.63, 3.8) is 0 Å². The molecule has 5 nitrogen and oxygen atoms in total. The number of benzene rings is 3. The van der Waals surface area contributed by atoms with Crippen molar-refractivity contribution in [2.45, 2.75) is 13.5 Å². The second kappa shape index (κ2) is 8.93. The van der Waals surface area contributed by atoms with Gasteiger partial charge in [-0.05, 0) is 43.3 Å². The van der Waals surface area contributed by atoms with E-state index in [2.05, 4.69) is 69.9 Å². The average Bonchev–Trinajstić information content (AvgIpc) is 3.38. The zero-order valence-electron chi connectivity index (χ0n) is 17.4. The number of aromatic amines is 1. The number of nitrogens with one attached hydrogen (secondary N) is 1. The molecule has 0 bridgehead atoms. The number of halogens is 1. The minimum Gasteiger partial charge on any atom is -1.00 e. The lowest BCUT2D eigenvalue weighted by Gasteiger charge is -2.12. The molecule has 5 aromatic rings. The largest absolute Gasteiger partial charge is 1.00 e. The Morgan fingerprint density at radius 1 is 1.03 bits per heavy atom. The van der Waals surface area contributed by atoms with Gasteiger partial charge in [-0.15, -0.1) is 0 Å². The normalized spacial score (nSPS) is 11.3. The first-order valence-electron chi connectivity index (χ1n) is 10.1. The lowest BCUT2D eigenvalue weighted by atomic mass is 10.2. The van der Waals surface area contributed by atoms with Gasteiger partial charge in [0.2, 0.25) is 5.89 Å². The van der Waals surface area contributed by atoms with Crippen LogP contribution in [0, 0.1) is 0 Å². The molecular formula is C25H23IN4O. The Morgan fingerprint density at radius 2 is 1.81 bits per heavy atom. The third kappa shape index (κ3) is 4.07. The summed E-state index contributed by atoms with van der Waals surface area (Å²) in [7, 11) is 2.05. The first kappa shape index (κ1) is 21.1. The van der Waals surface area contributed by atoms with Crippen molar-refractivity contribution in [1.29, 1.82) is 0 Å². The molecule has 2 heterocycles. The molecule has 31 heavy (non-hydrogen) atoms. The number of H-pyrrole nitrogens is 1. The van der Waals surface area contributed by atoms with Crippen molar-refractivity contribution >= 4 is 33.9 Å². The lowest BCUT2D eigenvalue weighted by molar-refractivity contribution is -0.669. The van der Waals surface area contributed by atoms with Gasteiger partial charge < -0.3 is 33.3 Å². The van der Waals surface area contributed by atoms with Crippen LogP contribution in [0.3, 0.4) is 0 Å². The monoisotopic (exact) mass is 522 g/mol. The number of hydrogen-bond acceptors (Lipinski definition) is 3. The first-order chi connectivity index (χ1) is 14.7. The van der Waals surface area contributed by atoms with Crippen LogP contribution in [0.5, 0.6) is 0 Å². The zero-order chi connectivity index (χ0) is 20.5. The number of aromatic nitrogens is 3. The molecule has 0 aliphatic rings. The summed E-state index contributed by atoms with van der Waals surface area (Å²) in [6.45, 7) is 3.00. The minimum absolute atomic E-state index is 0. The van der Waals surface area contributed by atoms with E-state index in [9.17, 15) is 0 Å². The molecule has 0 aliphatic heterocycles. The molecule has 3 aromatic carbocycles. The Hall–Kier alpha value is -3.13. The van der Waals surface area contributed by atoms with Crippen LogP contribution in [0.2, 0.25) is 0 Å². The number of anilines is 1. The molecule has 0 saturated carbocycles. The molecule has 0 fully saturated rings. The van der Waals surface area contributed by atoms with Gasteiger partial charge in [-0.3, -0.25) is 0 Å². The standard InChI is InChI=1S/C25H22N4O.HI/c1-3-29-22-17-18(25-27-21-11-7-8-12-23(21)30-25)13-14-20(22)26-24(29)15-16-28(2)19-9-5-4-6-10-19;/h4-17H,3H2,1-2H3;1H/b16-15+;. The second-order valence-electron chi connectivity index (χ2n) is 7.24. The van der Waals surface area contributed by atoms with E-state index in [1.54, 1.807) is 0 Å². The third-order valence-electron chi connectivity index (χ3n) is 5.32. The Labute approximate surface area is 198 Å². The molecule has 0 radical (unpaired) electrons. The van der Waals surface area contributed by atoms with Gasteiger partial charge in [-0.2, -0.15) is 0 Å². The molecular weight excluding hydrogens is 499 g/mol. The SMILES string of the molecule is CC[n+]1c(/C=C/N(C)c2ccccc2)[nH]c2ccc(-c3nc4ccccc4o3)cc21.[I-]. The molecule has 0 saturated heterocycles. The summed E-state index contributed by atoms with van der Waals surface area (Å²) in [6, 6.07) is 24.4. The van der Waals surface area contributed by atoms with Crippen LogP contribution in [-0.2, 0) is 6.54 Å². The van der Waals surface area contributed by atoms with Crippen LogP contribution in [-0.4, -0.2) is 17.0 Å².